The average molecular weight is 788 g/mol. The number of rotatable bonds is 16. The molecule has 3 heterocycles. The number of thioether (sulfide) groups is 1. The quantitative estimate of drug-likeness (QED) is 0.0698. The summed E-state index contributed by atoms with van der Waals surface area (Å²) in [6, 6.07) is 27.2. The van der Waals surface area contributed by atoms with Crippen molar-refractivity contribution in [3.05, 3.63) is 118 Å². The molecule has 2 aliphatic heterocycles. The number of methoxy groups -OCH3 is 2. The number of aromatic nitrogens is 2. The number of fused-ring (bicyclic) bond motifs is 2. The molecular weight excluding hydrogens is 738 g/mol. The zero-order valence-electron chi connectivity index (χ0n) is 32.4. The summed E-state index contributed by atoms with van der Waals surface area (Å²) < 4.78 is 51.6. The molecule has 292 valence electrons. The minimum atomic E-state index is -3.89. The number of nitriles is 1. The molecule has 12 nitrogen and oxygen atoms in total. The Morgan fingerprint density at radius 2 is 1.56 bits per heavy atom. The van der Waals surface area contributed by atoms with Crippen LogP contribution < -0.4 is 20.9 Å². The van der Waals surface area contributed by atoms with Crippen LogP contribution in [0.3, 0.4) is 0 Å². The standard InChI is InChI=1S/C41H50N5O7PS/c1-27(2)46(28(3)4)54(48,52-23-11-22-42)36-35-38(45-24-29(5)37(43)44-39(45)47)53-40(36,26-55-35)25-51-41(30-12-9-8-10-13-30,31-14-18-33(49-6)19-15-31)32-16-20-34(50-7)21-17-32/h8-10,12-21,24,27-28,35-36,38H,11,23,25-26H2,1-7H3,(H2,43,44,47)/t35-,36-,38+,40-,54?/m0/s1. The number of nitrogens with two attached hydrogens (primary N) is 1. The molecule has 5 atom stereocenters. The van der Waals surface area contributed by atoms with Gasteiger partial charge in [0.2, 0.25) is 0 Å². The molecule has 2 N–H and O–H groups in total. The summed E-state index contributed by atoms with van der Waals surface area (Å²) in [6.45, 7) is 9.63. The Hall–Kier alpha value is -4.15. The molecule has 2 bridgehead atoms. The van der Waals surface area contributed by atoms with E-state index >= 15 is 4.57 Å². The van der Waals surface area contributed by atoms with Gasteiger partial charge in [-0.15, -0.1) is 11.8 Å². The summed E-state index contributed by atoms with van der Waals surface area (Å²) in [4.78, 5) is 17.6. The summed E-state index contributed by atoms with van der Waals surface area (Å²) in [7, 11) is -0.637. The number of aryl methyl sites for hydroxylation is 1. The first-order valence-corrected chi connectivity index (χ1v) is 21.1. The van der Waals surface area contributed by atoms with Gasteiger partial charge in [-0.2, -0.15) is 10.2 Å². The second-order valence-electron chi connectivity index (χ2n) is 14.5. The number of nitrogens with zero attached hydrogens (tertiary/aromatic N) is 4. The fourth-order valence-corrected chi connectivity index (χ4v) is 14.0. The second kappa shape index (κ2) is 16.5. The van der Waals surface area contributed by atoms with Gasteiger partial charge in [0.25, 0.3) is 7.52 Å². The fraction of sp³-hybridized carbons (Fsp3) is 0.439. The summed E-state index contributed by atoms with van der Waals surface area (Å²) in [5, 5.41) is 9.03. The Morgan fingerprint density at radius 1 is 1.00 bits per heavy atom. The van der Waals surface area contributed by atoms with Crippen LogP contribution in [0.1, 0.15) is 62.6 Å². The summed E-state index contributed by atoms with van der Waals surface area (Å²) in [5.74, 6) is 1.91. The van der Waals surface area contributed by atoms with Gasteiger partial charge < -0.3 is 29.2 Å². The summed E-state index contributed by atoms with van der Waals surface area (Å²) >= 11 is 1.57. The van der Waals surface area contributed by atoms with Crippen molar-refractivity contribution in [2.75, 3.05) is 38.9 Å². The third-order valence-corrected chi connectivity index (χ3v) is 15.7. The van der Waals surface area contributed by atoms with Crippen LogP contribution in [-0.2, 0) is 24.2 Å². The Labute approximate surface area is 327 Å². The minimum Gasteiger partial charge on any atom is -0.497 e. The normalized spacial score (nSPS) is 21.9. The van der Waals surface area contributed by atoms with E-state index in [2.05, 4.69) is 11.1 Å². The zero-order chi connectivity index (χ0) is 39.5. The van der Waals surface area contributed by atoms with Gasteiger partial charge in [0.15, 0.2) is 6.23 Å². The molecule has 4 aromatic rings. The van der Waals surface area contributed by atoms with E-state index < -0.39 is 41.5 Å². The largest absolute Gasteiger partial charge is 0.497 e. The van der Waals surface area contributed by atoms with E-state index in [-0.39, 0.29) is 37.5 Å². The Kier molecular flexibility index (Phi) is 12.2. The number of anilines is 1. The van der Waals surface area contributed by atoms with Crippen LogP contribution in [0.4, 0.5) is 5.82 Å². The predicted molar refractivity (Wildman–Crippen MR) is 215 cm³/mol. The fourth-order valence-electron chi connectivity index (χ4n) is 8.04. The lowest BCUT2D eigenvalue weighted by Crippen LogP contribution is -2.51. The van der Waals surface area contributed by atoms with Crippen LogP contribution in [0.15, 0.2) is 89.9 Å². The van der Waals surface area contributed by atoms with Crippen LogP contribution in [0, 0.1) is 18.3 Å². The maximum Gasteiger partial charge on any atom is 0.351 e. The van der Waals surface area contributed by atoms with E-state index in [0.29, 0.717) is 22.8 Å². The minimum absolute atomic E-state index is 0.0344. The topological polar surface area (TPSA) is 151 Å². The van der Waals surface area contributed by atoms with E-state index in [4.69, 9.17) is 29.2 Å². The van der Waals surface area contributed by atoms with E-state index in [9.17, 15) is 10.1 Å². The molecular formula is C41H50N5O7PS. The third kappa shape index (κ3) is 7.44. The van der Waals surface area contributed by atoms with Crippen LogP contribution in [-0.4, -0.2) is 76.0 Å². The first-order valence-electron chi connectivity index (χ1n) is 18.4. The highest BCUT2D eigenvalue weighted by atomic mass is 32.2. The molecule has 2 saturated heterocycles. The molecule has 0 saturated carbocycles. The Balaban J connectivity index is 1.57. The second-order valence-corrected chi connectivity index (χ2v) is 18.0. The zero-order valence-corrected chi connectivity index (χ0v) is 34.1. The number of ether oxygens (including phenoxy) is 4. The van der Waals surface area contributed by atoms with Crippen LogP contribution in [0.5, 0.6) is 11.5 Å². The molecule has 0 amide bonds. The van der Waals surface area contributed by atoms with Crippen molar-refractivity contribution >= 4 is 25.1 Å². The van der Waals surface area contributed by atoms with Crippen molar-refractivity contribution in [1.29, 1.82) is 5.26 Å². The number of hydrogen-bond acceptors (Lipinski definition) is 11. The van der Waals surface area contributed by atoms with Crippen molar-refractivity contribution in [2.45, 2.75) is 81.5 Å². The van der Waals surface area contributed by atoms with Gasteiger partial charge >= 0.3 is 5.69 Å². The van der Waals surface area contributed by atoms with Crippen molar-refractivity contribution in [1.82, 2.24) is 14.2 Å². The molecule has 2 aliphatic rings. The number of nitrogen functional groups attached to an aromatic ring is 1. The summed E-state index contributed by atoms with van der Waals surface area (Å²) in [5.41, 5.74) is 5.37. The van der Waals surface area contributed by atoms with E-state index in [1.165, 1.54) is 4.57 Å². The first kappa shape index (κ1) is 40.5. The lowest BCUT2D eigenvalue weighted by molar-refractivity contribution is -0.128. The smallest absolute Gasteiger partial charge is 0.351 e. The predicted octanol–water partition coefficient (Wildman–Crippen LogP) is 7.15. The van der Waals surface area contributed by atoms with Gasteiger partial charge in [-0.25, -0.2) is 9.46 Å². The first-order chi connectivity index (χ1) is 26.3. The lowest BCUT2D eigenvalue weighted by Gasteiger charge is -2.44. The van der Waals surface area contributed by atoms with E-state index in [1.807, 2.05) is 111 Å². The molecule has 1 unspecified atom stereocenters. The maximum atomic E-state index is 16.1. The summed E-state index contributed by atoms with van der Waals surface area (Å²) in [6.07, 6.45) is 0.836. The number of benzene rings is 3. The molecule has 14 heteroatoms. The highest BCUT2D eigenvalue weighted by Gasteiger charge is 2.70. The van der Waals surface area contributed by atoms with Gasteiger partial charge in [0.05, 0.1) is 50.8 Å². The molecule has 2 fully saturated rings. The van der Waals surface area contributed by atoms with Crippen molar-refractivity contribution in [3.8, 4) is 17.6 Å². The van der Waals surface area contributed by atoms with E-state index in [0.717, 1.165) is 16.7 Å². The Bertz CT molecular complexity index is 2040. The highest BCUT2D eigenvalue weighted by Crippen LogP contribution is 2.71. The number of hydrogen-bond donors (Lipinski definition) is 1. The van der Waals surface area contributed by atoms with Crippen molar-refractivity contribution in [2.24, 2.45) is 0 Å². The lowest BCUT2D eigenvalue weighted by atomic mass is 9.79. The van der Waals surface area contributed by atoms with Crippen LogP contribution in [0.25, 0.3) is 0 Å². The van der Waals surface area contributed by atoms with Crippen molar-refractivity contribution < 1.29 is 28.0 Å². The van der Waals surface area contributed by atoms with Gasteiger partial charge in [0, 0.05) is 29.6 Å². The van der Waals surface area contributed by atoms with Gasteiger partial charge in [-0.3, -0.25) is 9.13 Å². The third-order valence-electron chi connectivity index (χ3n) is 10.4. The monoisotopic (exact) mass is 787 g/mol. The Morgan fingerprint density at radius 3 is 2.09 bits per heavy atom. The molecule has 6 rings (SSSR count). The highest BCUT2D eigenvalue weighted by molar-refractivity contribution is 8.00. The average Bonchev–Trinajstić information content (AvgIpc) is 3.72. The molecule has 0 radical (unpaired) electrons. The SMILES string of the molecule is COc1ccc(C(OC[C@@]23CS[C@H]([C@H](n4cc(C)c(N)nc4=O)O2)[C@@H]3P(=O)(OCCC#N)N(C(C)C)C(C)C)(c2ccccc2)c2ccc(OC)cc2)cc1. The van der Waals surface area contributed by atoms with Crippen LogP contribution in [0.2, 0.25) is 0 Å². The van der Waals surface area contributed by atoms with E-state index in [1.54, 1.807) is 39.1 Å². The van der Waals surface area contributed by atoms with Gasteiger partial charge in [-0.05, 0) is 75.6 Å². The van der Waals surface area contributed by atoms with Crippen molar-refractivity contribution in [3.63, 3.8) is 0 Å². The molecule has 3 aromatic carbocycles. The van der Waals surface area contributed by atoms with Gasteiger partial charge in [-0.1, -0.05) is 54.6 Å². The molecule has 55 heavy (non-hydrogen) atoms. The maximum absolute atomic E-state index is 16.1. The molecule has 0 spiro atoms. The molecule has 1 aromatic heterocycles. The van der Waals surface area contributed by atoms with Gasteiger partial charge in [0.1, 0.15) is 28.5 Å². The molecule has 0 aliphatic carbocycles. The van der Waals surface area contributed by atoms with Crippen LogP contribution >= 0.6 is 19.3 Å².